The van der Waals surface area contributed by atoms with E-state index in [2.05, 4.69) is 0 Å². The summed E-state index contributed by atoms with van der Waals surface area (Å²) in [5.74, 6) is -0.530. The van der Waals surface area contributed by atoms with Gasteiger partial charge in [0.1, 0.15) is 0 Å². The summed E-state index contributed by atoms with van der Waals surface area (Å²) < 4.78 is 20.9. The Kier molecular flexibility index (Phi) is 1.82. The van der Waals surface area contributed by atoms with Gasteiger partial charge in [0.25, 0.3) is 0 Å². The van der Waals surface area contributed by atoms with Gasteiger partial charge in [-0.3, -0.25) is 0 Å². The molecule has 0 saturated heterocycles. The zero-order chi connectivity index (χ0) is 8.20. The Labute approximate surface area is 49.6 Å². The van der Waals surface area contributed by atoms with Crippen molar-refractivity contribution in [1.29, 1.82) is 0 Å². The average Bonchev–Trinajstić information content (AvgIpc) is 1.80. The molecule has 0 rings (SSSR count). The molecule has 0 unspecified atom stereocenters. The monoisotopic (exact) mass is 105 g/mol. The molecule has 1 atom stereocenters. The second-order valence-electron chi connectivity index (χ2n) is 1.67. The van der Waals surface area contributed by atoms with Gasteiger partial charge in [-0.25, -0.2) is 0 Å². The second kappa shape index (κ2) is 4.13. The van der Waals surface area contributed by atoms with Crippen molar-refractivity contribution in [3.63, 3.8) is 0 Å². The highest BCUT2D eigenvalue weighted by Gasteiger charge is 1.93. The van der Waals surface area contributed by atoms with Crippen LogP contribution in [0.4, 0.5) is 0 Å². The lowest BCUT2D eigenvalue weighted by molar-refractivity contribution is 0.229. The molecule has 1 nitrogen and oxygen atoms in total. The topological polar surface area (TPSA) is 20.2 Å². The van der Waals surface area contributed by atoms with E-state index in [9.17, 15) is 0 Å². The number of rotatable bonds is 3. The lowest BCUT2D eigenvalue weighted by Gasteiger charge is -2.01. The van der Waals surface area contributed by atoms with Crippen molar-refractivity contribution in [2.75, 3.05) is 6.61 Å². The Hall–Kier alpha value is -0.0400. The van der Waals surface area contributed by atoms with Crippen LogP contribution in [0.25, 0.3) is 0 Å². The Morgan fingerprint density at radius 1 is 1.86 bits per heavy atom. The highest BCUT2D eigenvalue weighted by Crippen LogP contribution is 2.01. The highest BCUT2D eigenvalue weighted by atomic mass is 16.3. The summed E-state index contributed by atoms with van der Waals surface area (Å²) in [6.45, 7) is -0.302. The Morgan fingerprint density at radius 3 is 2.71 bits per heavy atom. The zero-order valence-electron chi connectivity index (χ0n) is 7.65. The summed E-state index contributed by atoms with van der Waals surface area (Å²) in [6, 6.07) is 0. The van der Waals surface area contributed by atoms with E-state index < -0.39 is 12.8 Å². The van der Waals surface area contributed by atoms with Gasteiger partial charge in [-0.05, 0) is 12.3 Å². The molecule has 0 spiro atoms. The predicted octanol–water partition coefficient (Wildman–Crippen LogP) is 1.41. The number of hydrogen-bond donors (Lipinski definition) is 1. The average molecular weight is 105 g/mol. The van der Waals surface area contributed by atoms with Crippen molar-refractivity contribution >= 4 is 0 Å². The van der Waals surface area contributed by atoms with Gasteiger partial charge in [0.15, 0.2) is 0 Å². The molecule has 0 aromatic rings. The first kappa shape index (κ1) is 3.08. The van der Waals surface area contributed by atoms with E-state index in [1.165, 1.54) is 0 Å². The minimum Gasteiger partial charge on any atom is -0.396 e. The Bertz CT molecular complexity index is 89.5. The van der Waals surface area contributed by atoms with Crippen LogP contribution in [0.15, 0.2) is 0 Å². The van der Waals surface area contributed by atoms with Crippen LogP contribution in [0, 0.1) is 5.92 Å². The molecule has 0 radical (unpaired) electrons. The van der Waals surface area contributed by atoms with Gasteiger partial charge in [0.05, 0.1) is 0 Å². The quantitative estimate of drug-likeness (QED) is 0.575. The predicted molar refractivity (Wildman–Crippen MR) is 31.2 cm³/mol. The molecule has 0 aromatic carbocycles. The van der Waals surface area contributed by atoms with Crippen LogP contribution >= 0.6 is 0 Å². The second-order valence-corrected chi connectivity index (χ2v) is 1.67. The number of hydrogen-bond acceptors (Lipinski definition) is 1. The SMILES string of the molecule is [2H]C([2H])([2H])[C@@H](CO)CCC. The molecule has 0 aliphatic rings. The van der Waals surface area contributed by atoms with Crippen LogP contribution in [0.3, 0.4) is 0 Å². The third-order valence-corrected chi connectivity index (χ3v) is 0.858. The zero-order valence-corrected chi connectivity index (χ0v) is 4.65. The lowest BCUT2D eigenvalue weighted by Crippen LogP contribution is -1.98. The summed E-state index contributed by atoms with van der Waals surface area (Å²) >= 11 is 0. The summed E-state index contributed by atoms with van der Waals surface area (Å²) in [6.07, 6.45) is 1.39. The van der Waals surface area contributed by atoms with E-state index in [0.717, 1.165) is 6.42 Å². The third kappa shape index (κ3) is 3.80. The molecule has 0 saturated carbocycles. The standard InChI is InChI=1S/C6H14O/c1-3-4-6(2)5-7/h6-7H,3-5H2,1-2H3/t6-/m1/s1/i2D3. The first-order valence-electron chi connectivity index (χ1n) is 4.13. The molecule has 0 aliphatic heterocycles. The third-order valence-electron chi connectivity index (χ3n) is 0.858. The van der Waals surface area contributed by atoms with Crippen molar-refractivity contribution in [1.82, 2.24) is 0 Å². The van der Waals surface area contributed by atoms with Crippen molar-refractivity contribution in [2.45, 2.75) is 26.6 Å². The molecular weight excluding hydrogens is 88.1 g/mol. The molecule has 0 amide bonds. The Balaban J connectivity index is 3.81. The van der Waals surface area contributed by atoms with Crippen molar-refractivity contribution < 1.29 is 9.22 Å². The molecule has 7 heavy (non-hydrogen) atoms. The van der Waals surface area contributed by atoms with E-state index in [1.807, 2.05) is 6.92 Å². The molecule has 0 aromatic heterocycles. The van der Waals surface area contributed by atoms with Crippen molar-refractivity contribution in [3.8, 4) is 0 Å². The van der Waals surface area contributed by atoms with Gasteiger partial charge in [-0.2, -0.15) is 0 Å². The minimum atomic E-state index is -1.98. The lowest BCUT2D eigenvalue weighted by atomic mass is 10.1. The van der Waals surface area contributed by atoms with Crippen LogP contribution in [-0.4, -0.2) is 11.7 Å². The van der Waals surface area contributed by atoms with Crippen LogP contribution in [0.2, 0.25) is 0 Å². The van der Waals surface area contributed by atoms with Crippen LogP contribution < -0.4 is 0 Å². The maximum absolute atomic E-state index is 8.63. The minimum absolute atomic E-state index is 0.232. The molecule has 0 aliphatic carbocycles. The van der Waals surface area contributed by atoms with Crippen LogP contribution in [0.5, 0.6) is 0 Å². The van der Waals surface area contributed by atoms with Gasteiger partial charge in [-0.15, -0.1) is 0 Å². The first-order valence-corrected chi connectivity index (χ1v) is 2.63. The fraction of sp³-hybridized carbons (Fsp3) is 1.00. The Morgan fingerprint density at radius 2 is 2.57 bits per heavy atom. The van der Waals surface area contributed by atoms with E-state index in [-0.39, 0.29) is 6.61 Å². The normalized spacial score (nSPS) is 22.3. The van der Waals surface area contributed by atoms with Gasteiger partial charge < -0.3 is 5.11 Å². The molecule has 0 bridgehead atoms. The van der Waals surface area contributed by atoms with E-state index in [0.29, 0.717) is 6.42 Å². The van der Waals surface area contributed by atoms with Gasteiger partial charge >= 0.3 is 0 Å². The van der Waals surface area contributed by atoms with E-state index >= 15 is 0 Å². The van der Waals surface area contributed by atoms with Crippen molar-refractivity contribution in [2.24, 2.45) is 5.92 Å². The molecule has 1 N–H and O–H groups in total. The first-order chi connectivity index (χ1) is 4.52. The van der Waals surface area contributed by atoms with E-state index in [4.69, 9.17) is 9.22 Å². The summed E-state index contributed by atoms with van der Waals surface area (Å²) in [5, 5.41) is 8.63. The molecule has 0 fully saturated rings. The fourth-order valence-corrected chi connectivity index (χ4v) is 0.440. The maximum atomic E-state index is 8.63. The van der Waals surface area contributed by atoms with Crippen molar-refractivity contribution in [3.05, 3.63) is 0 Å². The van der Waals surface area contributed by atoms with Crippen LogP contribution in [-0.2, 0) is 0 Å². The number of aliphatic hydroxyl groups is 1. The van der Waals surface area contributed by atoms with Gasteiger partial charge in [0, 0.05) is 10.7 Å². The summed E-state index contributed by atoms with van der Waals surface area (Å²) in [4.78, 5) is 0. The largest absolute Gasteiger partial charge is 0.396 e. The van der Waals surface area contributed by atoms with Gasteiger partial charge in [0.2, 0.25) is 0 Å². The molecule has 1 heteroatoms. The van der Waals surface area contributed by atoms with Crippen LogP contribution in [0.1, 0.15) is 30.7 Å². The summed E-state index contributed by atoms with van der Waals surface area (Å²) in [7, 11) is 0. The molecule has 0 heterocycles. The van der Waals surface area contributed by atoms with E-state index in [1.54, 1.807) is 0 Å². The van der Waals surface area contributed by atoms with Gasteiger partial charge in [-0.1, -0.05) is 20.2 Å². The molecule has 44 valence electrons. The fourth-order valence-electron chi connectivity index (χ4n) is 0.440. The number of aliphatic hydroxyl groups excluding tert-OH is 1. The maximum Gasteiger partial charge on any atom is 0.0456 e. The smallest absolute Gasteiger partial charge is 0.0456 e. The highest BCUT2D eigenvalue weighted by molar-refractivity contribution is 4.45. The molecular formula is C6H14O. The summed E-state index contributed by atoms with van der Waals surface area (Å²) in [5.41, 5.74) is 0.